The van der Waals surface area contributed by atoms with E-state index < -0.39 is 0 Å². The summed E-state index contributed by atoms with van der Waals surface area (Å²) >= 11 is 1.70. The van der Waals surface area contributed by atoms with Crippen LogP contribution in [0.15, 0.2) is 24.4 Å². The average Bonchev–Trinajstić information content (AvgIpc) is 2.82. The van der Waals surface area contributed by atoms with Crippen LogP contribution >= 0.6 is 11.8 Å². The maximum absolute atomic E-state index is 11.3. The molecule has 0 bridgehead atoms. The van der Waals surface area contributed by atoms with Gasteiger partial charge in [0.25, 0.3) is 0 Å². The van der Waals surface area contributed by atoms with Crippen molar-refractivity contribution in [2.75, 3.05) is 12.9 Å². The molecule has 0 amide bonds. The molecule has 2 aromatic rings. The number of hydrogen-bond acceptors (Lipinski definition) is 4. The van der Waals surface area contributed by atoms with E-state index in [-0.39, 0.29) is 11.9 Å². The fourth-order valence-corrected chi connectivity index (χ4v) is 2.83. The van der Waals surface area contributed by atoms with Gasteiger partial charge >= 0.3 is 5.97 Å². The second-order valence-corrected chi connectivity index (χ2v) is 5.60. The maximum Gasteiger partial charge on any atom is 0.309 e. The third-order valence-electron chi connectivity index (χ3n) is 2.97. The molecular weight excluding hydrogens is 260 g/mol. The van der Waals surface area contributed by atoms with Gasteiger partial charge in [-0.05, 0) is 19.1 Å². The van der Waals surface area contributed by atoms with Crippen LogP contribution in [0.5, 0.6) is 0 Å². The number of esters is 1. The van der Waals surface area contributed by atoms with Gasteiger partial charge in [-0.1, -0.05) is 13.0 Å². The highest BCUT2D eigenvalue weighted by Gasteiger charge is 2.13. The third kappa shape index (κ3) is 3.29. The van der Waals surface area contributed by atoms with E-state index in [2.05, 4.69) is 28.6 Å². The first-order valence-corrected chi connectivity index (χ1v) is 7.36. The predicted molar refractivity (Wildman–Crippen MR) is 77.3 cm³/mol. The van der Waals surface area contributed by atoms with E-state index >= 15 is 0 Å². The summed E-state index contributed by atoms with van der Waals surface area (Å²) in [6.45, 7) is 3.94. The van der Waals surface area contributed by atoms with Gasteiger partial charge < -0.3 is 9.14 Å². The topological polar surface area (TPSA) is 43.6 Å². The van der Waals surface area contributed by atoms with Crippen molar-refractivity contribution < 1.29 is 9.53 Å². The number of fused-ring (bicyclic) bond motifs is 1. The molecule has 2 heterocycles. The SMILES string of the molecule is COC(=O)C(C)CSCc1cn2c(C)cccc2n1. The normalized spacial score (nSPS) is 12.6. The number of pyridine rings is 1. The lowest BCUT2D eigenvalue weighted by Crippen LogP contribution is -2.14. The lowest BCUT2D eigenvalue weighted by molar-refractivity contribution is -0.143. The molecule has 4 nitrogen and oxygen atoms in total. The quantitative estimate of drug-likeness (QED) is 0.789. The van der Waals surface area contributed by atoms with E-state index in [4.69, 9.17) is 4.74 Å². The molecule has 0 spiro atoms. The molecule has 19 heavy (non-hydrogen) atoms. The molecule has 2 rings (SSSR count). The average molecular weight is 278 g/mol. The monoisotopic (exact) mass is 278 g/mol. The highest BCUT2D eigenvalue weighted by molar-refractivity contribution is 7.98. The van der Waals surface area contributed by atoms with Gasteiger partial charge in [0.1, 0.15) is 5.65 Å². The largest absolute Gasteiger partial charge is 0.469 e. The molecular formula is C14H18N2O2S. The Morgan fingerprint density at radius 2 is 2.32 bits per heavy atom. The number of methoxy groups -OCH3 is 1. The molecule has 0 radical (unpaired) electrons. The van der Waals surface area contributed by atoms with Gasteiger partial charge in [0, 0.05) is 23.4 Å². The van der Waals surface area contributed by atoms with Crippen molar-refractivity contribution in [3.05, 3.63) is 35.8 Å². The molecule has 0 aliphatic rings. The molecule has 2 aromatic heterocycles. The highest BCUT2D eigenvalue weighted by atomic mass is 32.2. The number of aromatic nitrogens is 2. The van der Waals surface area contributed by atoms with E-state index in [9.17, 15) is 4.79 Å². The zero-order chi connectivity index (χ0) is 13.8. The second-order valence-electron chi connectivity index (χ2n) is 4.57. The third-order valence-corrected chi connectivity index (χ3v) is 4.20. The first-order chi connectivity index (χ1) is 9.11. The molecule has 0 aromatic carbocycles. The molecule has 1 atom stereocenters. The lowest BCUT2D eigenvalue weighted by Gasteiger charge is -2.07. The molecule has 5 heteroatoms. The minimum Gasteiger partial charge on any atom is -0.469 e. The first-order valence-electron chi connectivity index (χ1n) is 6.21. The van der Waals surface area contributed by atoms with Crippen LogP contribution in [0, 0.1) is 12.8 Å². The highest BCUT2D eigenvalue weighted by Crippen LogP contribution is 2.17. The number of thioether (sulfide) groups is 1. The van der Waals surface area contributed by atoms with Gasteiger partial charge in [-0.3, -0.25) is 4.79 Å². The molecule has 0 aliphatic carbocycles. The van der Waals surface area contributed by atoms with Crippen molar-refractivity contribution in [2.24, 2.45) is 5.92 Å². The number of hydrogen-bond donors (Lipinski definition) is 0. The van der Waals surface area contributed by atoms with Crippen LogP contribution in [0.2, 0.25) is 0 Å². The number of ether oxygens (including phenoxy) is 1. The number of carbonyl (C=O) groups excluding carboxylic acids is 1. The van der Waals surface area contributed by atoms with Crippen LogP contribution in [0.1, 0.15) is 18.3 Å². The van der Waals surface area contributed by atoms with Crippen LogP contribution in [-0.2, 0) is 15.3 Å². The minimum absolute atomic E-state index is 0.0752. The summed E-state index contributed by atoms with van der Waals surface area (Å²) in [5.41, 5.74) is 3.18. The zero-order valence-electron chi connectivity index (χ0n) is 11.4. The van der Waals surface area contributed by atoms with E-state index in [0.29, 0.717) is 0 Å². The maximum atomic E-state index is 11.3. The first kappa shape index (κ1) is 13.9. The fraction of sp³-hybridized carbons (Fsp3) is 0.429. The van der Waals surface area contributed by atoms with Crippen LogP contribution < -0.4 is 0 Å². The summed E-state index contributed by atoms with van der Waals surface area (Å²) in [6, 6.07) is 6.07. The van der Waals surface area contributed by atoms with Crippen molar-refractivity contribution in [3.63, 3.8) is 0 Å². The van der Waals surface area contributed by atoms with Gasteiger partial charge in [0.05, 0.1) is 18.7 Å². The Kier molecular flexibility index (Phi) is 4.47. The van der Waals surface area contributed by atoms with E-state index in [1.54, 1.807) is 11.8 Å². The van der Waals surface area contributed by atoms with Crippen LogP contribution in [-0.4, -0.2) is 28.2 Å². The van der Waals surface area contributed by atoms with Crippen LogP contribution in [0.25, 0.3) is 5.65 Å². The molecule has 0 saturated heterocycles. The Bertz CT molecular complexity index is 580. The summed E-state index contributed by atoms with van der Waals surface area (Å²) in [7, 11) is 1.42. The molecule has 0 N–H and O–H groups in total. The second kappa shape index (κ2) is 6.10. The summed E-state index contributed by atoms with van der Waals surface area (Å²) < 4.78 is 6.79. The zero-order valence-corrected chi connectivity index (χ0v) is 12.2. The van der Waals surface area contributed by atoms with Gasteiger partial charge in [-0.2, -0.15) is 11.8 Å². The molecule has 0 aliphatic heterocycles. The number of aryl methyl sites for hydroxylation is 1. The van der Waals surface area contributed by atoms with Gasteiger partial charge in [-0.15, -0.1) is 0 Å². The van der Waals surface area contributed by atoms with Crippen molar-refractivity contribution in [2.45, 2.75) is 19.6 Å². The molecule has 1 unspecified atom stereocenters. The van der Waals surface area contributed by atoms with Crippen molar-refractivity contribution >= 4 is 23.4 Å². The summed E-state index contributed by atoms with van der Waals surface area (Å²) in [5.74, 6) is 1.33. The summed E-state index contributed by atoms with van der Waals surface area (Å²) in [4.78, 5) is 15.8. The predicted octanol–water partition coefficient (Wildman–Crippen LogP) is 2.69. The van der Waals surface area contributed by atoms with E-state index in [0.717, 1.165) is 22.8 Å². The summed E-state index contributed by atoms with van der Waals surface area (Å²) in [5, 5.41) is 0. The Hall–Kier alpha value is -1.49. The number of carbonyl (C=O) groups is 1. The standard InChI is InChI=1S/C14H18N2O2S/c1-10(14(17)18-3)8-19-9-12-7-16-11(2)5-4-6-13(16)15-12/h4-7,10H,8-9H2,1-3H3. The smallest absolute Gasteiger partial charge is 0.309 e. The van der Waals surface area contributed by atoms with Crippen molar-refractivity contribution in [1.29, 1.82) is 0 Å². The Morgan fingerprint density at radius 3 is 3.00 bits per heavy atom. The Labute approximate surface area is 117 Å². The number of nitrogens with zero attached hydrogens (tertiary/aromatic N) is 2. The van der Waals surface area contributed by atoms with E-state index in [1.807, 2.05) is 19.1 Å². The number of rotatable bonds is 5. The molecule has 0 saturated carbocycles. The van der Waals surface area contributed by atoms with Crippen molar-refractivity contribution in [3.8, 4) is 0 Å². The van der Waals surface area contributed by atoms with Crippen LogP contribution in [0.3, 0.4) is 0 Å². The lowest BCUT2D eigenvalue weighted by atomic mass is 10.2. The van der Waals surface area contributed by atoms with Gasteiger partial charge in [0.2, 0.25) is 0 Å². The van der Waals surface area contributed by atoms with Gasteiger partial charge in [0.15, 0.2) is 0 Å². The Balaban J connectivity index is 1.95. The van der Waals surface area contributed by atoms with E-state index in [1.165, 1.54) is 12.8 Å². The Morgan fingerprint density at radius 1 is 1.53 bits per heavy atom. The van der Waals surface area contributed by atoms with Crippen molar-refractivity contribution in [1.82, 2.24) is 9.38 Å². The fourth-order valence-electron chi connectivity index (χ4n) is 1.88. The molecule has 0 fully saturated rings. The number of imidazole rings is 1. The molecule has 102 valence electrons. The summed E-state index contributed by atoms with van der Waals surface area (Å²) in [6.07, 6.45) is 2.06. The van der Waals surface area contributed by atoms with Gasteiger partial charge in [-0.25, -0.2) is 4.98 Å². The van der Waals surface area contributed by atoms with Crippen LogP contribution in [0.4, 0.5) is 0 Å². The minimum atomic E-state index is -0.154.